The highest BCUT2D eigenvalue weighted by Gasteiger charge is 2.22. The van der Waals surface area contributed by atoms with Crippen molar-refractivity contribution in [2.24, 2.45) is 0 Å². The average molecular weight is 341 g/mol. The smallest absolute Gasteiger partial charge is 0.298 e. The Labute approximate surface area is 143 Å². The summed E-state index contributed by atoms with van der Waals surface area (Å²) in [6, 6.07) is 16.7. The quantitative estimate of drug-likeness (QED) is 0.567. The Kier molecular flexibility index (Phi) is 4.81. The number of aromatic nitrogens is 2. The molecule has 122 valence electrons. The molecule has 2 aromatic carbocycles. The summed E-state index contributed by atoms with van der Waals surface area (Å²) < 4.78 is 6.14. The van der Waals surface area contributed by atoms with E-state index in [4.69, 9.17) is 4.52 Å². The molecule has 0 bridgehead atoms. The lowest BCUT2D eigenvalue weighted by molar-refractivity contribution is -0.705. The largest absolute Gasteiger partial charge is 0.538 e. The van der Waals surface area contributed by atoms with Gasteiger partial charge in [-0.2, -0.15) is 0 Å². The molecule has 1 aromatic heterocycles. The summed E-state index contributed by atoms with van der Waals surface area (Å²) in [5.41, 5.74) is 2.52. The van der Waals surface area contributed by atoms with Crippen LogP contribution in [-0.2, 0) is 4.79 Å². The molecule has 0 fully saturated rings. The number of amides is 1. The normalized spacial score (nSPS) is 10.5. The molecule has 1 N–H and O–H groups in total. The Morgan fingerprint density at radius 3 is 2.62 bits per heavy atom. The Bertz CT molecular complexity index is 832. The van der Waals surface area contributed by atoms with Crippen molar-refractivity contribution in [2.75, 3.05) is 11.1 Å². The van der Waals surface area contributed by atoms with Crippen LogP contribution in [0.3, 0.4) is 0 Å². The van der Waals surface area contributed by atoms with Gasteiger partial charge in [0.25, 0.3) is 5.03 Å². The fourth-order valence-electron chi connectivity index (χ4n) is 2.06. The molecule has 0 aliphatic rings. The van der Waals surface area contributed by atoms with Crippen LogP contribution in [0.15, 0.2) is 64.1 Å². The molecule has 0 saturated carbocycles. The zero-order valence-electron chi connectivity index (χ0n) is 12.9. The van der Waals surface area contributed by atoms with E-state index in [1.54, 1.807) is 12.1 Å². The number of hydrogen-bond donors (Lipinski definition) is 1. The molecule has 0 aliphatic heterocycles. The van der Waals surface area contributed by atoms with Crippen LogP contribution >= 0.6 is 11.8 Å². The maximum absolute atomic E-state index is 12.0. The molecule has 1 heterocycles. The number of nitrogens with zero attached hydrogens (tertiary/aromatic N) is 2. The number of benzene rings is 2. The summed E-state index contributed by atoms with van der Waals surface area (Å²) in [5, 5.41) is 18.6. The molecule has 7 heteroatoms. The molecule has 24 heavy (non-hydrogen) atoms. The second-order valence-corrected chi connectivity index (χ2v) is 6.08. The summed E-state index contributed by atoms with van der Waals surface area (Å²) >= 11 is 1.09. The molecule has 3 aromatic rings. The van der Waals surface area contributed by atoms with Gasteiger partial charge in [-0.25, -0.2) is 0 Å². The number of rotatable bonds is 5. The second-order valence-electron chi connectivity index (χ2n) is 5.12. The molecule has 6 nitrogen and oxygen atoms in total. The second kappa shape index (κ2) is 7.18. The number of nitrogens with one attached hydrogen (secondary N) is 1. The third kappa shape index (κ3) is 3.75. The number of hydrogen-bond acceptors (Lipinski definition) is 5. The lowest BCUT2D eigenvalue weighted by atomic mass is 10.2. The fourth-order valence-corrected chi connectivity index (χ4v) is 2.82. The van der Waals surface area contributed by atoms with Gasteiger partial charge in [0.1, 0.15) is 0 Å². The third-order valence-corrected chi connectivity index (χ3v) is 4.27. The summed E-state index contributed by atoms with van der Waals surface area (Å²) in [4.78, 5) is 12.0. The van der Waals surface area contributed by atoms with Gasteiger partial charge in [0.2, 0.25) is 11.6 Å². The Hall–Kier alpha value is -2.80. The van der Waals surface area contributed by atoms with Crippen molar-refractivity contribution in [1.82, 2.24) is 5.27 Å². The molecule has 0 radical (unpaired) electrons. The van der Waals surface area contributed by atoms with Crippen molar-refractivity contribution in [3.05, 3.63) is 60.2 Å². The van der Waals surface area contributed by atoms with Gasteiger partial charge in [-0.05, 0) is 35.5 Å². The van der Waals surface area contributed by atoms with Gasteiger partial charge in [-0.15, -0.1) is 0 Å². The van der Waals surface area contributed by atoms with E-state index in [1.807, 2.05) is 49.4 Å². The molecule has 0 saturated heterocycles. The topological polar surface area (TPSA) is 82.1 Å². The minimum absolute atomic E-state index is 0.0806. The number of para-hydroxylation sites is 1. The molecule has 3 rings (SSSR count). The number of anilines is 1. The summed E-state index contributed by atoms with van der Waals surface area (Å²) in [7, 11) is 0. The number of thioether (sulfide) groups is 1. The first-order valence-corrected chi connectivity index (χ1v) is 8.26. The monoisotopic (exact) mass is 341 g/mol. The fraction of sp³-hybridized carbons (Fsp3) is 0.118. The van der Waals surface area contributed by atoms with Crippen LogP contribution in [0.4, 0.5) is 5.69 Å². The predicted molar refractivity (Wildman–Crippen MR) is 88.0 cm³/mol. The zero-order valence-corrected chi connectivity index (χ0v) is 13.7. The Morgan fingerprint density at radius 2 is 1.92 bits per heavy atom. The molecule has 0 atom stereocenters. The molecule has 0 spiro atoms. The average Bonchev–Trinajstić information content (AvgIpc) is 2.95. The van der Waals surface area contributed by atoms with E-state index in [0.717, 1.165) is 17.3 Å². The first kappa shape index (κ1) is 16.1. The molecule has 0 aliphatic carbocycles. The van der Waals surface area contributed by atoms with E-state index < -0.39 is 5.95 Å². The van der Waals surface area contributed by atoms with Gasteiger partial charge >= 0.3 is 0 Å². The first-order valence-electron chi connectivity index (χ1n) is 7.27. The highest BCUT2D eigenvalue weighted by Crippen LogP contribution is 2.23. The van der Waals surface area contributed by atoms with Crippen LogP contribution in [-0.4, -0.2) is 16.9 Å². The van der Waals surface area contributed by atoms with Gasteiger partial charge in [0, 0.05) is 17.8 Å². The summed E-state index contributed by atoms with van der Waals surface area (Å²) in [6.07, 6.45) is 0. The van der Waals surface area contributed by atoms with Crippen LogP contribution in [0.5, 0.6) is 5.95 Å². The van der Waals surface area contributed by atoms with E-state index >= 15 is 0 Å². The van der Waals surface area contributed by atoms with E-state index in [1.165, 1.54) is 4.68 Å². The van der Waals surface area contributed by atoms with Crippen LogP contribution in [0, 0.1) is 6.92 Å². The van der Waals surface area contributed by atoms with Crippen LogP contribution < -0.4 is 15.1 Å². The van der Waals surface area contributed by atoms with Crippen LogP contribution in [0.25, 0.3) is 5.69 Å². The third-order valence-electron chi connectivity index (χ3n) is 3.25. The maximum Gasteiger partial charge on any atom is 0.298 e. The van der Waals surface area contributed by atoms with Crippen molar-refractivity contribution in [3.63, 3.8) is 0 Å². The van der Waals surface area contributed by atoms with Gasteiger partial charge in [-0.3, -0.25) is 4.79 Å². The molecule has 1 amide bonds. The zero-order chi connectivity index (χ0) is 16.9. The lowest BCUT2D eigenvalue weighted by Gasteiger charge is -2.03. The van der Waals surface area contributed by atoms with Crippen molar-refractivity contribution in [3.8, 4) is 11.6 Å². The van der Waals surface area contributed by atoms with E-state index in [9.17, 15) is 9.90 Å². The molecular weight excluding hydrogens is 326 g/mol. The van der Waals surface area contributed by atoms with Gasteiger partial charge in [-0.1, -0.05) is 35.9 Å². The number of carbonyl (C=O) groups is 1. The van der Waals surface area contributed by atoms with Gasteiger partial charge < -0.3 is 14.9 Å². The number of aryl methyl sites for hydroxylation is 1. The standard InChI is InChI=1S/C17H15N3O3S/c1-12-7-9-14(10-8-12)20-16(17(22)23-19-20)24-11-15(21)18-13-5-3-2-4-6-13/h2-10H,11H2,1H3,(H-,18,19,21,22). The van der Waals surface area contributed by atoms with E-state index in [2.05, 4.69) is 10.6 Å². The van der Waals surface area contributed by atoms with E-state index in [0.29, 0.717) is 11.4 Å². The Morgan fingerprint density at radius 1 is 1.21 bits per heavy atom. The lowest BCUT2D eigenvalue weighted by Crippen LogP contribution is -2.35. The van der Waals surface area contributed by atoms with E-state index in [-0.39, 0.29) is 16.7 Å². The maximum atomic E-state index is 12.0. The predicted octanol–water partition coefficient (Wildman–Crippen LogP) is 2.06. The minimum atomic E-state index is -0.562. The molecule has 0 unspecified atom stereocenters. The first-order chi connectivity index (χ1) is 11.6. The summed E-state index contributed by atoms with van der Waals surface area (Å²) in [5.74, 6) is -0.688. The Balaban J connectivity index is 1.70. The van der Waals surface area contributed by atoms with Crippen molar-refractivity contribution in [1.29, 1.82) is 0 Å². The van der Waals surface area contributed by atoms with Gasteiger partial charge in [0.15, 0.2) is 5.95 Å². The SMILES string of the molecule is Cc1ccc(-[n+]2noc([O-])c2SCC(=O)Nc2ccccc2)cc1. The highest BCUT2D eigenvalue weighted by molar-refractivity contribution is 7.99. The minimum Gasteiger partial charge on any atom is -0.538 e. The highest BCUT2D eigenvalue weighted by atomic mass is 32.2. The summed E-state index contributed by atoms with van der Waals surface area (Å²) in [6.45, 7) is 1.97. The van der Waals surface area contributed by atoms with Crippen molar-refractivity contribution in [2.45, 2.75) is 11.9 Å². The number of carbonyl (C=O) groups excluding carboxylic acids is 1. The van der Waals surface area contributed by atoms with Crippen LogP contribution in [0.2, 0.25) is 0 Å². The van der Waals surface area contributed by atoms with Crippen LogP contribution in [0.1, 0.15) is 5.56 Å². The van der Waals surface area contributed by atoms with Crippen molar-refractivity contribution < 1.29 is 19.1 Å². The molecular formula is C17H15N3O3S. The van der Waals surface area contributed by atoms with Gasteiger partial charge in [0.05, 0.1) is 11.0 Å². The van der Waals surface area contributed by atoms with Crippen molar-refractivity contribution >= 4 is 23.4 Å².